The highest BCUT2D eigenvalue weighted by molar-refractivity contribution is 8.00. The predicted octanol–water partition coefficient (Wildman–Crippen LogP) is 5.06. The van der Waals surface area contributed by atoms with Crippen molar-refractivity contribution in [2.24, 2.45) is 0 Å². The minimum atomic E-state index is 0.0759. The van der Waals surface area contributed by atoms with Gasteiger partial charge in [-0.2, -0.15) is 0 Å². The topological polar surface area (TPSA) is 27.1 Å². The van der Waals surface area contributed by atoms with Crippen LogP contribution in [-0.2, 0) is 4.74 Å². The molecule has 0 amide bonds. The Morgan fingerprint density at radius 3 is 2.44 bits per heavy atom. The number of rotatable bonds is 4. The third-order valence-electron chi connectivity index (χ3n) is 4.75. The average molecular weight is 350 g/mol. The van der Waals surface area contributed by atoms with Gasteiger partial charge in [0.05, 0.1) is 17.4 Å². The summed E-state index contributed by atoms with van der Waals surface area (Å²) in [6, 6.07) is 21.6. The van der Waals surface area contributed by atoms with E-state index in [1.165, 1.54) is 10.5 Å². The fraction of sp³-hybridized carbons (Fsp3) is 0.286. The summed E-state index contributed by atoms with van der Waals surface area (Å²) in [6.45, 7) is 2.85. The van der Waals surface area contributed by atoms with Gasteiger partial charge in [0.1, 0.15) is 5.82 Å². The second kappa shape index (κ2) is 7.46. The summed E-state index contributed by atoms with van der Waals surface area (Å²) in [4.78, 5) is 5.72. The first-order valence-corrected chi connectivity index (χ1v) is 9.58. The number of aromatic nitrogens is 2. The molecule has 3 unspecified atom stereocenters. The molecule has 1 aliphatic rings. The van der Waals surface area contributed by atoms with Crippen LogP contribution < -0.4 is 0 Å². The zero-order valence-corrected chi connectivity index (χ0v) is 15.1. The van der Waals surface area contributed by atoms with Gasteiger partial charge in [-0.3, -0.25) is 0 Å². The molecule has 1 fully saturated rings. The van der Waals surface area contributed by atoms with E-state index < -0.39 is 0 Å². The fourth-order valence-electron chi connectivity index (χ4n) is 3.54. The number of thioether (sulfide) groups is 1. The highest BCUT2D eigenvalue weighted by Crippen LogP contribution is 2.45. The van der Waals surface area contributed by atoms with Crippen LogP contribution in [-0.4, -0.2) is 21.4 Å². The molecular formula is C21H22N2OS. The minimum absolute atomic E-state index is 0.0759. The SMILES string of the molecule is Cc1nccn1C1CCOC(c2ccccc2)C1Sc1ccccc1. The third-order valence-corrected chi connectivity index (χ3v) is 6.13. The lowest BCUT2D eigenvalue weighted by Crippen LogP contribution is -2.35. The van der Waals surface area contributed by atoms with E-state index >= 15 is 0 Å². The molecule has 25 heavy (non-hydrogen) atoms. The molecule has 1 saturated heterocycles. The Labute approximate surface area is 153 Å². The van der Waals surface area contributed by atoms with Crippen LogP contribution in [0.3, 0.4) is 0 Å². The van der Waals surface area contributed by atoms with Gasteiger partial charge in [0.25, 0.3) is 0 Å². The number of nitrogens with zero attached hydrogens (tertiary/aromatic N) is 2. The Hall–Kier alpha value is -2.04. The lowest BCUT2D eigenvalue weighted by atomic mass is 9.96. The summed E-state index contributed by atoms with van der Waals surface area (Å²) in [5, 5.41) is 0.298. The maximum atomic E-state index is 6.26. The van der Waals surface area contributed by atoms with E-state index in [2.05, 4.69) is 83.3 Å². The van der Waals surface area contributed by atoms with Crippen molar-refractivity contribution in [3.63, 3.8) is 0 Å². The van der Waals surface area contributed by atoms with Crippen molar-refractivity contribution in [2.75, 3.05) is 6.61 Å². The largest absolute Gasteiger partial charge is 0.372 e. The number of ether oxygens (including phenoxy) is 1. The normalized spacial score (nSPS) is 23.5. The molecule has 4 heteroatoms. The Balaban J connectivity index is 1.71. The van der Waals surface area contributed by atoms with E-state index in [-0.39, 0.29) is 6.10 Å². The predicted molar refractivity (Wildman–Crippen MR) is 102 cm³/mol. The van der Waals surface area contributed by atoms with Crippen molar-refractivity contribution in [1.29, 1.82) is 0 Å². The van der Waals surface area contributed by atoms with Gasteiger partial charge in [-0.25, -0.2) is 4.98 Å². The number of aryl methyl sites for hydroxylation is 1. The Kier molecular flexibility index (Phi) is 4.90. The third kappa shape index (κ3) is 3.51. The Morgan fingerprint density at radius 1 is 1.04 bits per heavy atom. The standard InChI is InChI=1S/C21H22N2OS/c1-16-22-13-14-23(16)19-12-15-24-20(17-8-4-2-5-9-17)21(19)25-18-10-6-3-7-11-18/h2-11,13-14,19-21H,12,15H2,1H3. The zero-order valence-electron chi connectivity index (χ0n) is 14.3. The molecule has 0 radical (unpaired) electrons. The lowest BCUT2D eigenvalue weighted by Gasteiger charge is -2.39. The summed E-state index contributed by atoms with van der Waals surface area (Å²) >= 11 is 1.91. The van der Waals surface area contributed by atoms with Crippen LogP contribution in [0.5, 0.6) is 0 Å². The summed E-state index contributed by atoms with van der Waals surface area (Å²) in [5.41, 5.74) is 1.25. The van der Waals surface area contributed by atoms with Gasteiger partial charge in [0.15, 0.2) is 0 Å². The van der Waals surface area contributed by atoms with Gasteiger partial charge in [-0.15, -0.1) is 11.8 Å². The summed E-state index contributed by atoms with van der Waals surface area (Å²) < 4.78 is 8.58. The summed E-state index contributed by atoms with van der Waals surface area (Å²) in [7, 11) is 0. The van der Waals surface area contributed by atoms with Crippen LogP contribution in [0.15, 0.2) is 78.0 Å². The zero-order chi connectivity index (χ0) is 17.1. The van der Waals surface area contributed by atoms with E-state index in [0.717, 1.165) is 18.9 Å². The van der Waals surface area contributed by atoms with Crippen molar-refractivity contribution in [3.05, 3.63) is 84.4 Å². The quantitative estimate of drug-likeness (QED) is 0.658. The molecule has 0 saturated carbocycles. The van der Waals surface area contributed by atoms with Crippen molar-refractivity contribution < 1.29 is 4.74 Å². The number of benzene rings is 2. The lowest BCUT2D eigenvalue weighted by molar-refractivity contribution is -0.00138. The van der Waals surface area contributed by atoms with Crippen LogP contribution in [0.25, 0.3) is 0 Å². The molecule has 1 aliphatic heterocycles. The van der Waals surface area contributed by atoms with Gasteiger partial charge in [0.2, 0.25) is 0 Å². The van der Waals surface area contributed by atoms with Crippen LogP contribution in [0.1, 0.15) is 30.0 Å². The van der Waals surface area contributed by atoms with Crippen LogP contribution in [0, 0.1) is 6.92 Å². The van der Waals surface area contributed by atoms with Crippen molar-refractivity contribution in [1.82, 2.24) is 9.55 Å². The van der Waals surface area contributed by atoms with E-state index in [1.807, 2.05) is 18.0 Å². The summed E-state index contributed by atoms with van der Waals surface area (Å²) in [6.07, 6.45) is 5.08. The first-order valence-electron chi connectivity index (χ1n) is 8.70. The summed E-state index contributed by atoms with van der Waals surface area (Å²) in [5.74, 6) is 1.07. The van der Waals surface area contributed by atoms with Crippen molar-refractivity contribution in [3.8, 4) is 0 Å². The molecule has 128 valence electrons. The molecule has 2 aromatic carbocycles. The number of imidazole rings is 1. The Bertz CT molecular complexity index is 803. The monoisotopic (exact) mass is 350 g/mol. The molecule has 2 heterocycles. The first-order chi connectivity index (χ1) is 12.3. The molecule has 3 atom stereocenters. The molecule has 0 bridgehead atoms. The van der Waals surface area contributed by atoms with Crippen molar-refractivity contribution in [2.45, 2.75) is 35.6 Å². The van der Waals surface area contributed by atoms with Crippen molar-refractivity contribution >= 4 is 11.8 Å². The number of hydrogen-bond donors (Lipinski definition) is 0. The smallest absolute Gasteiger partial charge is 0.105 e. The average Bonchev–Trinajstić information content (AvgIpc) is 3.09. The molecule has 3 nitrogen and oxygen atoms in total. The maximum Gasteiger partial charge on any atom is 0.105 e. The number of hydrogen-bond acceptors (Lipinski definition) is 3. The molecule has 0 aliphatic carbocycles. The fourth-order valence-corrected chi connectivity index (χ4v) is 4.95. The van der Waals surface area contributed by atoms with Gasteiger partial charge in [0, 0.05) is 23.9 Å². The van der Waals surface area contributed by atoms with E-state index in [0.29, 0.717) is 11.3 Å². The van der Waals surface area contributed by atoms with E-state index in [4.69, 9.17) is 4.74 Å². The molecule has 1 aromatic heterocycles. The van der Waals surface area contributed by atoms with Gasteiger partial charge < -0.3 is 9.30 Å². The molecule has 0 spiro atoms. The van der Waals surface area contributed by atoms with Gasteiger partial charge in [-0.1, -0.05) is 48.5 Å². The second-order valence-electron chi connectivity index (χ2n) is 6.34. The van der Waals surface area contributed by atoms with Crippen LogP contribution in [0.2, 0.25) is 0 Å². The van der Waals surface area contributed by atoms with Crippen LogP contribution in [0.4, 0.5) is 0 Å². The molecular weight excluding hydrogens is 328 g/mol. The Morgan fingerprint density at radius 2 is 1.76 bits per heavy atom. The minimum Gasteiger partial charge on any atom is -0.372 e. The molecule has 0 N–H and O–H groups in total. The van der Waals surface area contributed by atoms with Gasteiger partial charge >= 0.3 is 0 Å². The second-order valence-corrected chi connectivity index (χ2v) is 7.59. The van der Waals surface area contributed by atoms with Crippen LogP contribution >= 0.6 is 11.8 Å². The molecule has 3 aromatic rings. The highest BCUT2D eigenvalue weighted by Gasteiger charge is 2.37. The first kappa shape index (κ1) is 16.4. The highest BCUT2D eigenvalue weighted by atomic mass is 32.2. The van der Waals surface area contributed by atoms with E-state index in [9.17, 15) is 0 Å². The van der Waals surface area contributed by atoms with E-state index in [1.54, 1.807) is 0 Å². The maximum absolute atomic E-state index is 6.26. The van der Waals surface area contributed by atoms with Gasteiger partial charge in [-0.05, 0) is 31.0 Å². The molecule has 4 rings (SSSR count).